The van der Waals surface area contributed by atoms with Crippen molar-refractivity contribution in [2.24, 2.45) is 0 Å². The largest absolute Gasteiger partial charge is 0.379 e. The highest BCUT2D eigenvalue weighted by molar-refractivity contribution is 7.89. The summed E-state index contributed by atoms with van der Waals surface area (Å²) in [6.07, 6.45) is 0. The molecule has 10 nitrogen and oxygen atoms in total. The third-order valence-electron chi connectivity index (χ3n) is 4.76. The van der Waals surface area contributed by atoms with E-state index in [1.165, 1.54) is 46.8 Å². The molecule has 0 atom stereocenters. The number of hydrogen-bond acceptors (Lipinski definition) is 6. The standard InChI is InChI=1S/C21H22Cl2N4O6S/c22-14-4-5-17(18(23)10-14)21(30)25-12-19(28)24-13-20(29)26-15-2-1-3-16(11-15)34(31,32)27-6-8-33-9-7-27/h1-5,10-11H,6-9,12-13H2,(H,24,28)(H,25,30)(H,26,29). The molecular formula is C21H22Cl2N4O6S. The summed E-state index contributed by atoms with van der Waals surface area (Å²) in [6.45, 7) is 0.401. The number of anilines is 1. The number of nitrogens with zero attached hydrogens (tertiary/aromatic N) is 1. The zero-order chi connectivity index (χ0) is 24.7. The van der Waals surface area contributed by atoms with E-state index < -0.39 is 27.7 Å². The van der Waals surface area contributed by atoms with Crippen LogP contribution < -0.4 is 16.0 Å². The molecule has 34 heavy (non-hydrogen) atoms. The Labute approximate surface area is 206 Å². The molecule has 2 aromatic carbocycles. The summed E-state index contributed by atoms with van der Waals surface area (Å²) < 4.78 is 32.0. The van der Waals surface area contributed by atoms with E-state index in [0.29, 0.717) is 18.2 Å². The van der Waals surface area contributed by atoms with Gasteiger partial charge in [-0.3, -0.25) is 14.4 Å². The molecule has 3 amide bonds. The molecule has 1 aliphatic heterocycles. The second kappa shape index (κ2) is 11.6. The van der Waals surface area contributed by atoms with Crippen LogP contribution in [0.3, 0.4) is 0 Å². The molecule has 0 aromatic heterocycles. The van der Waals surface area contributed by atoms with Crippen LogP contribution in [0.5, 0.6) is 0 Å². The predicted octanol–water partition coefficient (Wildman–Crippen LogP) is 1.50. The van der Waals surface area contributed by atoms with Gasteiger partial charge in [0.05, 0.1) is 41.8 Å². The van der Waals surface area contributed by atoms with Crippen molar-refractivity contribution in [1.29, 1.82) is 0 Å². The van der Waals surface area contributed by atoms with E-state index in [1.54, 1.807) is 0 Å². The van der Waals surface area contributed by atoms with Gasteiger partial charge in [0.25, 0.3) is 5.91 Å². The molecule has 0 unspecified atom stereocenters. The Bertz CT molecular complexity index is 1190. The Hall–Kier alpha value is -2.70. The van der Waals surface area contributed by atoms with Crippen LogP contribution in [0, 0.1) is 0 Å². The van der Waals surface area contributed by atoms with Gasteiger partial charge in [0.2, 0.25) is 21.8 Å². The van der Waals surface area contributed by atoms with Crippen LogP contribution in [0.2, 0.25) is 10.0 Å². The summed E-state index contributed by atoms with van der Waals surface area (Å²) in [5, 5.41) is 7.82. The van der Waals surface area contributed by atoms with Gasteiger partial charge in [0, 0.05) is 23.8 Å². The number of nitrogens with one attached hydrogen (secondary N) is 3. The molecule has 0 radical (unpaired) electrons. The Balaban J connectivity index is 1.48. The predicted molar refractivity (Wildman–Crippen MR) is 126 cm³/mol. The molecule has 182 valence electrons. The number of ether oxygens (including phenoxy) is 1. The zero-order valence-electron chi connectivity index (χ0n) is 17.8. The Morgan fingerprint density at radius 3 is 2.35 bits per heavy atom. The summed E-state index contributed by atoms with van der Waals surface area (Å²) in [5.41, 5.74) is 0.419. The summed E-state index contributed by atoms with van der Waals surface area (Å²) in [6, 6.07) is 10.2. The molecule has 0 spiro atoms. The van der Waals surface area contributed by atoms with Crippen molar-refractivity contribution in [3.63, 3.8) is 0 Å². The Morgan fingerprint density at radius 2 is 1.65 bits per heavy atom. The number of halogens is 2. The first-order valence-corrected chi connectivity index (χ1v) is 12.3. The highest BCUT2D eigenvalue weighted by atomic mass is 35.5. The third-order valence-corrected chi connectivity index (χ3v) is 7.20. The van der Waals surface area contributed by atoms with Gasteiger partial charge in [-0.2, -0.15) is 4.31 Å². The molecule has 0 bridgehead atoms. The van der Waals surface area contributed by atoms with Gasteiger partial charge in [0.1, 0.15) is 0 Å². The fourth-order valence-corrected chi connectivity index (χ4v) is 4.99. The molecule has 2 aromatic rings. The maximum atomic E-state index is 12.8. The summed E-state index contributed by atoms with van der Waals surface area (Å²) in [4.78, 5) is 36.3. The van der Waals surface area contributed by atoms with E-state index in [9.17, 15) is 22.8 Å². The number of benzene rings is 2. The van der Waals surface area contributed by atoms with E-state index in [2.05, 4.69) is 16.0 Å². The second-order valence-electron chi connectivity index (χ2n) is 7.18. The van der Waals surface area contributed by atoms with E-state index in [1.807, 2.05) is 0 Å². The smallest absolute Gasteiger partial charge is 0.253 e. The van der Waals surface area contributed by atoms with Gasteiger partial charge in [-0.05, 0) is 36.4 Å². The second-order valence-corrected chi connectivity index (χ2v) is 9.96. The van der Waals surface area contributed by atoms with Crippen molar-refractivity contribution in [1.82, 2.24) is 14.9 Å². The normalized spacial score (nSPS) is 14.3. The Morgan fingerprint density at radius 1 is 0.941 bits per heavy atom. The lowest BCUT2D eigenvalue weighted by molar-refractivity contribution is -0.123. The monoisotopic (exact) mass is 528 g/mol. The first-order valence-electron chi connectivity index (χ1n) is 10.1. The number of carbonyl (C=O) groups excluding carboxylic acids is 3. The van der Waals surface area contributed by atoms with E-state index in [0.717, 1.165) is 0 Å². The average molecular weight is 529 g/mol. The van der Waals surface area contributed by atoms with Crippen LogP contribution in [0.1, 0.15) is 10.4 Å². The lowest BCUT2D eigenvalue weighted by atomic mass is 10.2. The van der Waals surface area contributed by atoms with Gasteiger partial charge in [-0.25, -0.2) is 8.42 Å². The molecular weight excluding hydrogens is 507 g/mol. The van der Waals surface area contributed by atoms with Crippen LogP contribution in [0.15, 0.2) is 47.4 Å². The van der Waals surface area contributed by atoms with Crippen LogP contribution in [0.25, 0.3) is 0 Å². The quantitative estimate of drug-likeness (QED) is 0.475. The summed E-state index contributed by atoms with van der Waals surface area (Å²) in [7, 11) is -3.71. The van der Waals surface area contributed by atoms with Crippen LogP contribution >= 0.6 is 23.2 Å². The maximum Gasteiger partial charge on any atom is 0.253 e. The highest BCUT2D eigenvalue weighted by Crippen LogP contribution is 2.21. The van der Waals surface area contributed by atoms with Crippen molar-refractivity contribution in [2.45, 2.75) is 4.90 Å². The number of rotatable bonds is 8. The minimum atomic E-state index is -3.71. The lowest BCUT2D eigenvalue weighted by Gasteiger charge is -2.26. The van der Waals surface area contributed by atoms with Crippen molar-refractivity contribution >= 4 is 56.6 Å². The Kier molecular flexibility index (Phi) is 8.86. The van der Waals surface area contributed by atoms with Crippen LogP contribution in [-0.2, 0) is 24.3 Å². The van der Waals surface area contributed by atoms with Crippen LogP contribution in [-0.4, -0.2) is 69.8 Å². The number of hydrogen-bond donors (Lipinski definition) is 3. The van der Waals surface area contributed by atoms with Crippen molar-refractivity contribution in [3.8, 4) is 0 Å². The van der Waals surface area contributed by atoms with Gasteiger partial charge in [-0.1, -0.05) is 29.3 Å². The number of morpholine rings is 1. The lowest BCUT2D eigenvalue weighted by Crippen LogP contribution is -2.40. The van der Waals surface area contributed by atoms with Gasteiger partial charge < -0.3 is 20.7 Å². The van der Waals surface area contributed by atoms with Crippen LogP contribution in [0.4, 0.5) is 5.69 Å². The molecule has 13 heteroatoms. The maximum absolute atomic E-state index is 12.8. The molecule has 3 N–H and O–H groups in total. The topological polar surface area (TPSA) is 134 Å². The molecule has 1 saturated heterocycles. The number of amides is 3. The number of sulfonamides is 1. The summed E-state index contributed by atoms with van der Waals surface area (Å²) >= 11 is 11.7. The molecule has 1 heterocycles. The molecule has 0 aliphatic carbocycles. The van der Waals surface area contributed by atoms with Crippen molar-refractivity contribution < 1.29 is 27.5 Å². The van der Waals surface area contributed by atoms with Gasteiger partial charge in [-0.15, -0.1) is 0 Å². The molecule has 3 rings (SSSR count). The SMILES string of the molecule is O=C(CNC(=O)c1ccc(Cl)cc1Cl)NCC(=O)Nc1cccc(S(=O)(=O)N2CCOCC2)c1. The summed E-state index contributed by atoms with van der Waals surface area (Å²) in [5.74, 6) is -1.74. The van der Waals surface area contributed by atoms with Crippen molar-refractivity contribution in [2.75, 3.05) is 44.7 Å². The minimum Gasteiger partial charge on any atom is -0.379 e. The van der Waals surface area contributed by atoms with Gasteiger partial charge in [0.15, 0.2) is 0 Å². The highest BCUT2D eigenvalue weighted by Gasteiger charge is 2.26. The van der Waals surface area contributed by atoms with Gasteiger partial charge >= 0.3 is 0 Å². The molecule has 1 aliphatic rings. The molecule has 1 fully saturated rings. The zero-order valence-corrected chi connectivity index (χ0v) is 20.2. The van der Waals surface area contributed by atoms with E-state index >= 15 is 0 Å². The molecule has 0 saturated carbocycles. The fraction of sp³-hybridized carbons (Fsp3) is 0.286. The average Bonchev–Trinajstić information content (AvgIpc) is 2.82. The third kappa shape index (κ3) is 6.90. The van der Waals surface area contributed by atoms with E-state index in [-0.39, 0.29) is 47.3 Å². The first-order chi connectivity index (χ1) is 16.2. The first kappa shape index (κ1) is 25.9. The van der Waals surface area contributed by atoms with E-state index in [4.69, 9.17) is 27.9 Å². The van der Waals surface area contributed by atoms with Crippen molar-refractivity contribution in [3.05, 3.63) is 58.1 Å². The number of carbonyl (C=O) groups is 3. The fourth-order valence-electron chi connectivity index (χ4n) is 3.05. The minimum absolute atomic E-state index is 0.0415.